The van der Waals surface area contributed by atoms with Crippen molar-refractivity contribution in [1.29, 1.82) is 0 Å². The summed E-state index contributed by atoms with van der Waals surface area (Å²) in [6.45, 7) is 10.5. The highest BCUT2D eigenvalue weighted by Gasteiger charge is 2.37. The van der Waals surface area contributed by atoms with Crippen LogP contribution in [0.2, 0.25) is 18.1 Å². The molecule has 0 saturated heterocycles. The molecule has 0 bridgehead atoms. The molecule has 4 aromatic rings. The van der Waals surface area contributed by atoms with Gasteiger partial charge in [-0.05, 0) is 42.4 Å². The molecular formula is C32H47ClF6N6O3Si. The number of aromatic nitrogens is 6. The molecule has 2 N–H and O–H groups in total. The van der Waals surface area contributed by atoms with Crippen LogP contribution in [-0.2, 0) is 30.7 Å². The summed E-state index contributed by atoms with van der Waals surface area (Å²) in [5.74, 6) is 0. The molecule has 4 aromatic heterocycles. The molecule has 9 nitrogen and oxygen atoms in total. The fraction of sp³-hybridized carbons (Fsp3) is 0.500. The SMILES string of the molecule is C.CC(C)(C)[Si](C)(C)OCc1cccnc1-c1ccnn1CCC(F)(F)F.CO.Cl.OCc1cccnc1-c1ccnn1CCC(F)(F)F. The van der Waals surface area contributed by atoms with Gasteiger partial charge in [0, 0.05) is 43.0 Å². The lowest BCUT2D eigenvalue weighted by Crippen LogP contribution is -2.40. The average Bonchev–Trinajstić information content (AvgIpc) is 3.68. The van der Waals surface area contributed by atoms with Crippen LogP contribution in [0.15, 0.2) is 61.2 Å². The van der Waals surface area contributed by atoms with Gasteiger partial charge in [-0.2, -0.15) is 36.5 Å². The maximum absolute atomic E-state index is 12.6. The van der Waals surface area contributed by atoms with Crippen LogP contribution in [0.25, 0.3) is 22.8 Å². The molecule has 49 heavy (non-hydrogen) atoms. The summed E-state index contributed by atoms with van der Waals surface area (Å²) in [6, 6.07) is 10.3. The second kappa shape index (κ2) is 19.8. The Morgan fingerprint density at radius 2 is 1.12 bits per heavy atom. The number of aliphatic hydroxyl groups is 2. The normalized spacial score (nSPS) is 11.7. The number of alkyl halides is 6. The topological polar surface area (TPSA) is 111 Å². The highest BCUT2D eigenvalue weighted by atomic mass is 35.5. The molecule has 0 aliphatic rings. The van der Waals surface area contributed by atoms with Gasteiger partial charge < -0.3 is 14.6 Å². The van der Waals surface area contributed by atoms with Gasteiger partial charge in [0.1, 0.15) is 0 Å². The highest BCUT2D eigenvalue weighted by molar-refractivity contribution is 6.74. The quantitative estimate of drug-likeness (QED) is 0.124. The van der Waals surface area contributed by atoms with Crippen LogP contribution in [0.4, 0.5) is 26.3 Å². The Labute approximate surface area is 290 Å². The average molecular weight is 741 g/mol. The van der Waals surface area contributed by atoms with Crippen molar-refractivity contribution in [2.75, 3.05) is 7.11 Å². The Morgan fingerprint density at radius 3 is 1.51 bits per heavy atom. The summed E-state index contributed by atoms with van der Waals surface area (Å²) < 4.78 is 83.2. The van der Waals surface area contributed by atoms with Crippen molar-refractivity contribution < 1.29 is 41.0 Å². The van der Waals surface area contributed by atoms with Crippen LogP contribution in [0.1, 0.15) is 52.2 Å². The summed E-state index contributed by atoms with van der Waals surface area (Å²) in [4.78, 5) is 8.48. The summed E-state index contributed by atoms with van der Waals surface area (Å²) >= 11 is 0. The van der Waals surface area contributed by atoms with E-state index < -0.39 is 33.5 Å². The first-order valence-electron chi connectivity index (χ1n) is 14.7. The van der Waals surface area contributed by atoms with Crippen molar-refractivity contribution in [2.45, 2.75) is 97.8 Å². The molecule has 4 heterocycles. The van der Waals surface area contributed by atoms with E-state index in [0.29, 0.717) is 34.9 Å². The van der Waals surface area contributed by atoms with E-state index in [1.165, 1.54) is 28.0 Å². The molecule has 0 aliphatic heterocycles. The van der Waals surface area contributed by atoms with Gasteiger partial charge in [-0.15, -0.1) is 12.4 Å². The molecule has 4 rings (SSSR count). The largest absolute Gasteiger partial charge is 0.412 e. The minimum Gasteiger partial charge on any atom is -0.412 e. The van der Waals surface area contributed by atoms with E-state index in [-0.39, 0.29) is 44.6 Å². The van der Waals surface area contributed by atoms with Crippen LogP contribution in [-0.4, -0.2) is 67.5 Å². The van der Waals surface area contributed by atoms with E-state index >= 15 is 0 Å². The van der Waals surface area contributed by atoms with Crippen molar-refractivity contribution >= 4 is 20.7 Å². The summed E-state index contributed by atoms with van der Waals surface area (Å²) in [5, 5.41) is 24.2. The number of aryl methyl sites for hydroxylation is 2. The second-order valence-corrected chi connectivity index (χ2v) is 16.6. The number of hydrogen-bond acceptors (Lipinski definition) is 7. The molecular weight excluding hydrogens is 694 g/mol. The third-order valence-corrected chi connectivity index (χ3v) is 12.0. The number of hydrogen-bond donors (Lipinski definition) is 2. The Balaban J connectivity index is 0.000000894. The van der Waals surface area contributed by atoms with Gasteiger partial charge in [0.2, 0.25) is 0 Å². The third kappa shape index (κ3) is 14.2. The van der Waals surface area contributed by atoms with Gasteiger partial charge in [-0.3, -0.25) is 19.3 Å². The number of nitrogens with zero attached hydrogens (tertiary/aromatic N) is 6. The van der Waals surface area contributed by atoms with E-state index in [4.69, 9.17) is 9.53 Å². The lowest BCUT2D eigenvalue weighted by Gasteiger charge is -2.36. The predicted molar refractivity (Wildman–Crippen MR) is 182 cm³/mol. The third-order valence-electron chi connectivity index (χ3n) is 7.48. The number of rotatable bonds is 10. The van der Waals surface area contributed by atoms with Crippen LogP contribution in [0, 0.1) is 0 Å². The first-order chi connectivity index (χ1) is 21.9. The summed E-state index contributed by atoms with van der Waals surface area (Å²) in [6.07, 6.45) is -4.26. The van der Waals surface area contributed by atoms with E-state index in [1.807, 2.05) is 12.1 Å². The molecule has 0 saturated carbocycles. The van der Waals surface area contributed by atoms with Crippen LogP contribution in [0.3, 0.4) is 0 Å². The zero-order valence-electron chi connectivity index (χ0n) is 27.7. The van der Waals surface area contributed by atoms with Gasteiger partial charge in [-0.1, -0.05) is 40.3 Å². The molecule has 17 heteroatoms. The van der Waals surface area contributed by atoms with Crippen molar-refractivity contribution in [3.63, 3.8) is 0 Å². The molecule has 0 atom stereocenters. The fourth-order valence-corrected chi connectivity index (χ4v) is 4.90. The number of halogens is 7. The maximum atomic E-state index is 12.6. The first-order valence-corrected chi connectivity index (χ1v) is 17.6. The van der Waals surface area contributed by atoms with Gasteiger partial charge in [-0.25, -0.2) is 0 Å². The highest BCUT2D eigenvalue weighted by Crippen LogP contribution is 2.37. The van der Waals surface area contributed by atoms with Crippen molar-refractivity contribution in [3.05, 3.63) is 72.3 Å². The zero-order valence-corrected chi connectivity index (χ0v) is 29.5. The number of pyridine rings is 2. The van der Waals surface area contributed by atoms with Gasteiger partial charge >= 0.3 is 12.4 Å². The second-order valence-electron chi connectivity index (χ2n) is 11.8. The molecule has 276 valence electrons. The Morgan fingerprint density at radius 1 is 0.714 bits per heavy atom. The molecule has 0 amide bonds. The zero-order chi connectivity index (χ0) is 35.5. The standard InChI is InChI=1S/C18H26F3N3OSi.C12H12F3N3O.CH4O.CH4.ClH/c1-17(2,3)26(4,5)25-13-14-7-6-10-22-16(14)15-8-11-23-24(15)12-9-18(19,20)21;13-12(14,15)4-7-18-10(3-6-17-18)11-9(8-19)2-1-5-16-11;1-2;;/h6-8,10-11H,9,12-13H2,1-5H3;1-3,5-6,19H,4,7-8H2;2H,1H3;1H4;1H. The van der Waals surface area contributed by atoms with E-state index in [1.54, 1.807) is 30.5 Å². The van der Waals surface area contributed by atoms with E-state index in [0.717, 1.165) is 12.7 Å². The van der Waals surface area contributed by atoms with Crippen LogP contribution >= 0.6 is 12.4 Å². The lowest BCUT2D eigenvalue weighted by atomic mass is 10.1. The monoisotopic (exact) mass is 740 g/mol. The smallest absolute Gasteiger partial charge is 0.390 e. The maximum Gasteiger partial charge on any atom is 0.390 e. The predicted octanol–water partition coefficient (Wildman–Crippen LogP) is 8.48. The van der Waals surface area contributed by atoms with Crippen molar-refractivity contribution in [2.24, 2.45) is 0 Å². The van der Waals surface area contributed by atoms with Crippen molar-refractivity contribution in [3.8, 4) is 22.8 Å². The molecule has 0 aliphatic carbocycles. The first kappa shape index (κ1) is 45.7. The van der Waals surface area contributed by atoms with Crippen LogP contribution in [0.5, 0.6) is 0 Å². The van der Waals surface area contributed by atoms with Gasteiger partial charge in [0.05, 0.1) is 61.9 Å². The Bertz CT molecular complexity index is 1520. The minimum absolute atomic E-state index is 0. The van der Waals surface area contributed by atoms with Gasteiger partial charge in [0.25, 0.3) is 0 Å². The van der Waals surface area contributed by atoms with Crippen molar-refractivity contribution in [1.82, 2.24) is 29.5 Å². The molecule has 0 aromatic carbocycles. The van der Waals surface area contributed by atoms with Gasteiger partial charge in [0.15, 0.2) is 8.32 Å². The molecule has 0 radical (unpaired) electrons. The van der Waals surface area contributed by atoms with E-state index in [9.17, 15) is 31.4 Å². The number of aliphatic hydroxyl groups excluding tert-OH is 2. The minimum atomic E-state index is -4.23. The van der Waals surface area contributed by atoms with E-state index in [2.05, 4.69) is 54.0 Å². The molecule has 0 spiro atoms. The molecule has 0 unspecified atom stereocenters. The fourth-order valence-electron chi connectivity index (χ4n) is 3.95. The summed E-state index contributed by atoms with van der Waals surface area (Å²) in [7, 11) is -0.948. The van der Waals surface area contributed by atoms with Crippen LogP contribution < -0.4 is 0 Å². The lowest BCUT2D eigenvalue weighted by molar-refractivity contribution is -0.138. The molecule has 0 fully saturated rings. The summed E-state index contributed by atoms with van der Waals surface area (Å²) in [5.41, 5.74) is 3.51. The Kier molecular flexibility index (Phi) is 18.4. The Hall–Kier alpha value is -3.31.